The first-order chi connectivity index (χ1) is 10.4. The molecule has 0 bridgehead atoms. The number of carbonyl (C=O) groups excluding carboxylic acids is 2. The van der Waals surface area contributed by atoms with Crippen LogP contribution in [0.1, 0.15) is 23.7 Å². The van der Waals surface area contributed by atoms with Gasteiger partial charge in [0.2, 0.25) is 5.91 Å². The van der Waals surface area contributed by atoms with Crippen molar-refractivity contribution in [1.29, 1.82) is 0 Å². The first kappa shape index (κ1) is 15.8. The lowest BCUT2D eigenvalue weighted by Gasteiger charge is -2.42. The number of hydrogen-bond donors (Lipinski definition) is 1. The van der Waals surface area contributed by atoms with Crippen LogP contribution in [0.15, 0.2) is 43.0 Å². The highest BCUT2D eigenvalue weighted by atomic mass is 16.4. The summed E-state index contributed by atoms with van der Waals surface area (Å²) >= 11 is 0. The molecule has 0 unspecified atom stereocenters. The van der Waals surface area contributed by atoms with Crippen LogP contribution in [-0.4, -0.2) is 46.0 Å². The number of hydrogen-bond acceptors (Lipinski definition) is 3. The molecule has 1 aromatic carbocycles. The smallest absolute Gasteiger partial charge is 0.408 e. The van der Waals surface area contributed by atoms with Crippen molar-refractivity contribution in [1.82, 2.24) is 9.80 Å². The summed E-state index contributed by atoms with van der Waals surface area (Å²) in [5.74, 6) is -0.870. The van der Waals surface area contributed by atoms with E-state index in [1.54, 1.807) is 43.3 Å². The van der Waals surface area contributed by atoms with E-state index in [2.05, 4.69) is 6.58 Å². The molecule has 1 saturated heterocycles. The van der Waals surface area contributed by atoms with Crippen molar-refractivity contribution in [3.8, 4) is 0 Å². The Bertz CT molecular complexity index is 614. The van der Waals surface area contributed by atoms with Gasteiger partial charge in [-0.05, 0) is 25.5 Å². The highest BCUT2D eigenvalue weighted by molar-refractivity contribution is 6.06. The van der Waals surface area contributed by atoms with Gasteiger partial charge in [-0.3, -0.25) is 19.4 Å². The van der Waals surface area contributed by atoms with Gasteiger partial charge in [-0.25, -0.2) is 4.79 Å². The first-order valence-corrected chi connectivity index (χ1v) is 6.89. The SMILES string of the molecule is C=CC[C@]1(C)CN(C(=O)O)CN(C(=O)c2ccccc2)C1=O. The van der Waals surface area contributed by atoms with Crippen LogP contribution < -0.4 is 0 Å². The van der Waals surface area contributed by atoms with E-state index in [9.17, 15) is 19.5 Å². The van der Waals surface area contributed by atoms with Crippen LogP contribution in [0.3, 0.4) is 0 Å². The Balaban J connectivity index is 2.36. The summed E-state index contributed by atoms with van der Waals surface area (Å²) in [5.41, 5.74) is -0.632. The van der Waals surface area contributed by atoms with E-state index in [0.717, 1.165) is 9.80 Å². The fourth-order valence-electron chi connectivity index (χ4n) is 2.59. The van der Waals surface area contributed by atoms with Crippen molar-refractivity contribution in [2.75, 3.05) is 13.2 Å². The molecule has 2 rings (SSSR count). The quantitative estimate of drug-likeness (QED) is 0.686. The highest BCUT2D eigenvalue weighted by Crippen LogP contribution is 2.31. The third-order valence-corrected chi connectivity index (χ3v) is 3.74. The summed E-state index contributed by atoms with van der Waals surface area (Å²) < 4.78 is 0. The molecule has 0 aliphatic carbocycles. The maximum Gasteiger partial charge on any atom is 0.408 e. The predicted molar refractivity (Wildman–Crippen MR) is 80.1 cm³/mol. The minimum atomic E-state index is -1.16. The van der Waals surface area contributed by atoms with E-state index >= 15 is 0 Å². The van der Waals surface area contributed by atoms with Gasteiger partial charge in [0.15, 0.2) is 0 Å². The molecule has 1 aliphatic rings. The number of nitrogens with zero attached hydrogens (tertiary/aromatic N) is 2. The number of allylic oxidation sites excluding steroid dienone is 1. The number of carbonyl (C=O) groups is 3. The Kier molecular flexibility index (Phi) is 4.30. The Morgan fingerprint density at radius 1 is 1.36 bits per heavy atom. The molecule has 0 radical (unpaired) electrons. The minimum absolute atomic E-state index is 0.0474. The third kappa shape index (κ3) is 2.86. The predicted octanol–water partition coefficient (Wildman–Crippen LogP) is 2.19. The summed E-state index contributed by atoms with van der Waals surface area (Å²) in [4.78, 5) is 38.6. The number of imide groups is 1. The van der Waals surface area contributed by atoms with Crippen molar-refractivity contribution in [3.63, 3.8) is 0 Å². The normalized spacial score (nSPS) is 21.6. The number of carboxylic acid groups (broad SMARTS) is 1. The molecule has 1 aromatic rings. The second kappa shape index (κ2) is 6.01. The lowest BCUT2D eigenvalue weighted by Crippen LogP contribution is -2.60. The van der Waals surface area contributed by atoms with Crippen LogP contribution in [0.25, 0.3) is 0 Å². The average molecular weight is 302 g/mol. The fourth-order valence-corrected chi connectivity index (χ4v) is 2.59. The zero-order chi connectivity index (χ0) is 16.3. The van der Waals surface area contributed by atoms with E-state index in [0.29, 0.717) is 12.0 Å². The van der Waals surface area contributed by atoms with Gasteiger partial charge in [0.05, 0.1) is 5.41 Å². The molecule has 1 aliphatic heterocycles. The van der Waals surface area contributed by atoms with Crippen LogP contribution in [0.2, 0.25) is 0 Å². The summed E-state index contributed by atoms with van der Waals surface area (Å²) in [6.45, 7) is 5.05. The Morgan fingerprint density at radius 2 is 2.00 bits per heavy atom. The molecule has 6 heteroatoms. The zero-order valence-corrected chi connectivity index (χ0v) is 12.4. The second-order valence-corrected chi connectivity index (χ2v) is 5.58. The number of amides is 3. The van der Waals surface area contributed by atoms with Crippen LogP contribution in [0, 0.1) is 5.41 Å². The molecule has 116 valence electrons. The van der Waals surface area contributed by atoms with Crippen molar-refractivity contribution >= 4 is 17.9 Å². The molecule has 22 heavy (non-hydrogen) atoms. The van der Waals surface area contributed by atoms with Crippen molar-refractivity contribution in [2.45, 2.75) is 13.3 Å². The van der Waals surface area contributed by atoms with Gasteiger partial charge < -0.3 is 5.11 Å². The lowest BCUT2D eigenvalue weighted by molar-refractivity contribution is -0.146. The molecule has 0 aromatic heterocycles. The standard InChI is InChI=1S/C16H18N2O4/c1-3-9-16(2)10-17(15(21)22)11-18(14(16)20)13(19)12-7-5-4-6-8-12/h3-8H,1,9-11H2,2H3,(H,21,22)/t16-/m1/s1. The second-order valence-electron chi connectivity index (χ2n) is 5.58. The Morgan fingerprint density at radius 3 is 2.55 bits per heavy atom. The summed E-state index contributed by atoms with van der Waals surface area (Å²) in [5, 5.41) is 9.25. The molecule has 6 nitrogen and oxygen atoms in total. The van der Waals surface area contributed by atoms with Gasteiger partial charge in [-0.2, -0.15) is 0 Å². The average Bonchev–Trinajstić information content (AvgIpc) is 2.50. The summed E-state index contributed by atoms with van der Waals surface area (Å²) in [6.07, 6.45) is 0.705. The molecule has 1 N–H and O–H groups in total. The maximum atomic E-state index is 12.7. The maximum absolute atomic E-state index is 12.7. The summed E-state index contributed by atoms with van der Waals surface area (Å²) in [6, 6.07) is 8.35. The monoisotopic (exact) mass is 302 g/mol. The van der Waals surface area contributed by atoms with Gasteiger partial charge in [0.1, 0.15) is 6.67 Å². The van der Waals surface area contributed by atoms with E-state index in [-0.39, 0.29) is 19.1 Å². The fraction of sp³-hybridized carbons (Fsp3) is 0.312. The van der Waals surface area contributed by atoms with Gasteiger partial charge in [-0.1, -0.05) is 24.3 Å². The Hall–Kier alpha value is -2.63. The molecule has 0 spiro atoms. The van der Waals surface area contributed by atoms with Gasteiger partial charge in [0, 0.05) is 12.1 Å². The van der Waals surface area contributed by atoms with Crippen molar-refractivity contribution in [3.05, 3.63) is 48.6 Å². The van der Waals surface area contributed by atoms with Crippen LogP contribution >= 0.6 is 0 Å². The number of rotatable bonds is 3. The topological polar surface area (TPSA) is 77.9 Å². The zero-order valence-electron chi connectivity index (χ0n) is 12.4. The van der Waals surface area contributed by atoms with Crippen molar-refractivity contribution < 1.29 is 19.5 Å². The number of benzene rings is 1. The highest BCUT2D eigenvalue weighted by Gasteiger charge is 2.46. The van der Waals surface area contributed by atoms with Gasteiger partial charge in [0.25, 0.3) is 5.91 Å². The van der Waals surface area contributed by atoms with Crippen molar-refractivity contribution in [2.24, 2.45) is 5.41 Å². The van der Waals surface area contributed by atoms with Gasteiger partial charge in [-0.15, -0.1) is 6.58 Å². The molecule has 3 amide bonds. The Labute approximate surface area is 128 Å². The molecule has 1 fully saturated rings. The van der Waals surface area contributed by atoms with Crippen LogP contribution in [0.5, 0.6) is 0 Å². The van der Waals surface area contributed by atoms with E-state index in [1.165, 1.54) is 0 Å². The lowest BCUT2D eigenvalue weighted by atomic mass is 9.83. The first-order valence-electron chi connectivity index (χ1n) is 6.89. The third-order valence-electron chi connectivity index (χ3n) is 3.74. The molecule has 1 atom stereocenters. The summed E-state index contributed by atoms with van der Waals surface area (Å²) in [7, 11) is 0. The van der Waals surface area contributed by atoms with Crippen LogP contribution in [0.4, 0.5) is 4.79 Å². The molecule has 0 saturated carbocycles. The molecular weight excluding hydrogens is 284 g/mol. The van der Waals surface area contributed by atoms with Gasteiger partial charge >= 0.3 is 6.09 Å². The van der Waals surface area contributed by atoms with E-state index < -0.39 is 17.4 Å². The minimum Gasteiger partial charge on any atom is -0.465 e. The molecule has 1 heterocycles. The van der Waals surface area contributed by atoms with E-state index in [1.807, 2.05) is 0 Å². The molecular formula is C16H18N2O4. The largest absolute Gasteiger partial charge is 0.465 e. The van der Waals surface area contributed by atoms with E-state index in [4.69, 9.17) is 0 Å². The van der Waals surface area contributed by atoms with Crippen LogP contribution in [-0.2, 0) is 4.79 Å².